The van der Waals surface area contributed by atoms with Gasteiger partial charge in [0.25, 0.3) is 15.9 Å². The van der Waals surface area contributed by atoms with Gasteiger partial charge in [-0.25, -0.2) is 12.7 Å². The molecule has 1 amide bonds. The zero-order valence-electron chi connectivity index (χ0n) is 14.4. The van der Waals surface area contributed by atoms with Crippen LogP contribution in [0.25, 0.3) is 0 Å². The Bertz CT molecular complexity index is 823. The number of hydrogen-bond acceptors (Lipinski definition) is 3. The first-order chi connectivity index (χ1) is 12.0. The quantitative estimate of drug-likeness (QED) is 0.826. The van der Waals surface area contributed by atoms with E-state index in [2.05, 4.69) is 0 Å². The summed E-state index contributed by atoms with van der Waals surface area (Å²) in [4.78, 5) is 13.3. The van der Waals surface area contributed by atoms with E-state index in [1.807, 2.05) is 13.0 Å². The van der Waals surface area contributed by atoms with Crippen LogP contribution in [0.2, 0.25) is 0 Å². The van der Waals surface area contributed by atoms with Gasteiger partial charge in [-0.05, 0) is 44.0 Å². The molecular weight excluding hydrogens is 334 g/mol. The molecular formula is C20H23NO3S. The topological polar surface area (TPSA) is 54.5 Å². The van der Waals surface area contributed by atoms with Crippen molar-refractivity contribution in [2.75, 3.05) is 0 Å². The minimum atomic E-state index is -3.88. The Morgan fingerprint density at radius 2 is 1.52 bits per heavy atom. The molecule has 0 aromatic heterocycles. The standard InChI is InChI=1S/C20H23NO3S/c1-16-12-14-19(15-13-16)25(23,24)21(18-10-6-3-7-11-18)20(22)17-8-4-2-5-9-17/h2,4-5,8-9,12-15,18H,3,6-7,10-11H2,1H3. The van der Waals surface area contributed by atoms with Crippen LogP contribution < -0.4 is 0 Å². The van der Waals surface area contributed by atoms with Gasteiger partial charge in [-0.3, -0.25) is 4.79 Å². The van der Waals surface area contributed by atoms with Gasteiger partial charge in [0, 0.05) is 11.6 Å². The third-order valence-electron chi connectivity index (χ3n) is 4.71. The maximum Gasteiger partial charge on any atom is 0.267 e. The maximum absolute atomic E-state index is 13.3. The summed E-state index contributed by atoms with van der Waals surface area (Å²) < 4.78 is 27.7. The summed E-state index contributed by atoms with van der Waals surface area (Å²) in [6.07, 6.45) is 4.45. The van der Waals surface area contributed by atoms with E-state index >= 15 is 0 Å². The molecule has 3 rings (SSSR count). The van der Waals surface area contributed by atoms with E-state index in [9.17, 15) is 13.2 Å². The molecule has 1 aliphatic rings. The van der Waals surface area contributed by atoms with E-state index in [0.29, 0.717) is 5.56 Å². The summed E-state index contributed by atoms with van der Waals surface area (Å²) in [5.41, 5.74) is 1.39. The Balaban J connectivity index is 2.04. The summed E-state index contributed by atoms with van der Waals surface area (Å²) in [6, 6.07) is 15.1. The van der Waals surface area contributed by atoms with Crippen LogP contribution >= 0.6 is 0 Å². The van der Waals surface area contributed by atoms with E-state index in [4.69, 9.17) is 0 Å². The van der Waals surface area contributed by atoms with Gasteiger partial charge in [0.15, 0.2) is 0 Å². The number of carbonyl (C=O) groups excluding carboxylic acids is 1. The summed E-state index contributed by atoms with van der Waals surface area (Å²) in [7, 11) is -3.88. The lowest BCUT2D eigenvalue weighted by molar-refractivity contribution is 0.0797. The van der Waals surface area contributed by atoms with E-state index in [0.717, 1.165) is 42.0 Å². The van der Waals surface area contributed by atoms with Crippen LogP contribution in [-0.2, 0) is 10.0 Å². The highest BCUT2D eigenvalue weighted by Gasteiger charge is 2.36. The molecule has 0 unspecified atom stereocenters. The predicted octanol–water partition coefficient (Wildman–Crippen LogP) is 4.16. The largest absolute Gasteiger partial charge is 0.268 e. The molecule has 5 heteroatoms. The van der Waals surface area contributed by atoms with Gasteiger partial charge in [-0.1, -0.05) is 55.2 Å². The van der Waals surface area contributed by atoms with Gasteiger partial charge in [0.05, 0.1) is 4.90 Å². The normalized spacial score (nSPS) is 15.7. The second kappa shape index (κ2) is 7.40. The van der Waals surface area contributed by atoms with Crippen LogP contribution in [-0.4, -0.2) is 24.7 Å². The molecule has 25 heavy (non-hydrogen) atoms. The van der Waals surface area contributed by atoms with E-state index in [1.54, 1.807) is 48.5 Å². The third-order valence-corrected chi connectivity index (χ3v) is 6.55. The Hall–Kier alpha value is -2.14. The van der Waals surface area contributed by atoms with Crippen molar-refractivity contribution in [3.8, 4) is 0 Å². The minimum Gasteiger partial charge on any atom is -0.268 e. The van der Waals surface area contributed by atoms with Crippen LogP contribution in [0.3, 0.4) is 0 Å². The van der Waals surface area contributed by atoms with Crippen molar-refractivity contribution in [2.45, 2.75) is 50.0 Å². The van der Waals surface area contributed by atoms with Crippen molar-refractivity contribution in [1.82, 2.24) is 4.31 Å². The summed E-state index contributed by atoms with van der Waals surface area (Å²) in [5.74, 6) is -0.437. The van der Waals surface area contributed by atoms with E-state index in [-0.39, 0.29) is 10.9 Å². The second-order valence-corrected chi connectivity index (χ2v) is 8.39. The average Bonchev–Trinajstić information content (AvgIpc) is 2.63. The fourth-order valence-corrected chi connectivity index (χ4v) is 4.95. The summed E-state index contributed by atoms with van der Waals surface area (Å²) in [6.45, 7) is 1.91. The third kappa shape index (κ3) is 3.76. The number of hydrogen-bond donors (Lipinski definition) is 0. The average molecular weight is 357 g/mol. The molecule has 0 bridgehead atoms. The lowest BCUT2D eigenvalue weighted by Gasteiger charge is -2.33. The van der Waals surface area contributed by atoms with Crippen molar-refractivity contribution in [3.63, 3.8) is 0 Å². The van der Waals surface area contributed by atoms with Crippen molar-refractivity contribution < 1.29 is 13.2 Å². The first kappa shape index (κ1) is 17.7. The van der Waals surface area contributed by atoms with Gasteiger partial charge in [-0.2, -0.15) is 0 Å². The maximum atomic E-state index is 13.3. The zero-order chi connectivity index (χ0) is 17.9. The Morgan fingerprint density at radius 1 is 0.920 bits per heavy atom. The van der Waals surface area contributed by atoms with Crippen LogP contribution in [0.15, 0.2) is 59.5 Å². The molecule has 1 aliphatic carbocycles. The number of carbonyl (C=O) groups is 1. The molecule has 132 valence electrons. The molecule has 0 radical (unpaired) electrons. The first-order valence-corrected chi connectivity index (χ1v) is 10.1. The molecule has 0 spiro atoms. The highest BCUT2D eigenvalue weighted by molar-refractivity contribution is 7.89. The zero-order valence-corrected chi connectivity index (χ0v) is 15.2. The minimum absolute atomic E-state index is 0.174. The number of rotatable bonds is 4. The monoisotopic (exact) mass is 357 g/mol. The smallest absolute Gasteiger partial charge is 0.267 e. The summed E-state index contributed by atoms with van der Waals surface area (Å²) in [5, 5.41) is 0. The Kier molecular flexibility index (Phi) is 5.23. The summed E-state index contributed by atoms with van der Waals surface area (Å²) >= 11 is 0. The Labute approximate surface area is 149 Å². The lowest BCUT2D eigenvalue weighted by Crippen LogP contribution is -2.45. The fourth-order valence-electron chi connectivity index (χ4n) is 3.32. The molecule has 1 fully saturated rings. The molecule has 0 aliphatic heterocycles. The van der Waals surface area contributed by atoms with Crippen molar-refractivity contribution >= 4 is 15.9 Å². The number of amides is 1. The van der Waals surface area contributed by atoms with Crippen LogP contribution in [0.1, 0.15) is 48.0 Å². The van der Waals surface area contributed by atoms with Gasteiger partial charge in [0.2, 0.25) is 0 Å². The van der Waals surface area contributed by atoms with E-state index < -0.39 is 15.9 Å². The lowest BCUT2D eigenvalue weighted by atomic mass is 9.95. The molecule has 0 saturated heterocycles. The second-order valence-electron chi connectivity index (χ2n) is 6.58. The number of nitrogens with zero attached hydrogens (tertiary/aromatic N) is 1. The molecule has 0 N–H and O–H groups in total. The predicted molar refractivity (Wildman–Crippen MR) is 97.8 cm³/mol. The SMILES string of the molecule is Cc1ccc(S(=O)(=O)N(C(=O)c2ccccc2)C2CCCCC2)cc1. The van der Waals surface area contributed by atoms with Gasteiger partial charge < -0.3 is 0 Å². The van der Waals surface area contributed by atoms with Crippen molar-refractivity contribution in [3.05, 3.63) is 65.7 Å². The van der Waals surface area contributed by atoms with Crippen LogP contribution in [0.5, 0.6) is 0 Å². The molecule has 1 saturated carbocycles. The molecule has 0 heterocycles. The first-order valence-electron chi connectivity index (χ1n) is 8.70. The highest BCUT2D eigenvalue weighted by Crippen LogP contribution is 2.29. The van der Waals surface area contributed by atoms with Crippen LogP contribution in [0.4, 0.5) is 0 Å². The molecule has 2 aromatic carbocycles. The molecule has 2 aromatic rings. The van der Waals surface area contributed by atoms with Gasteiger partial charge in [-0.15, -0.1) is 0 Å². The number of sulfonamides is 1. The fraction of sp³-hybridized carbons (Fsp3) is 0.350. The highest BCUT2D eigenvalue weighted by atomic mass is 32.2. The molecule has 0 atom stereocenters. The molecule has 4 nitrogen and oxygen atoms in total. The Morgan fingerprint density at radius 3 is 2.12 bits per heavy atom. The number of aryl methyl sites for hydroxylation is 1. The van der Waals surface area contributed by atoms with Crippen molar-refractivity contribution in [1.29, 1.82) is 0 Å². The van der Waals surface area contributed by atoms with Gasteiger partial charge in [0.1, 0.15) is 0 Å². The van der Waals surface area contributed by atoms with Crippen molar-refractivity contribution in [2.24, 2.45) is 0 Å². The van der Waals surface area contributed by atoms with E-state index in [1.165, 1.54) is 0 Å². The van der Waals surface area contributed by atoms with Gasteiger partial charge >= 0.3 is 0 Å². The number of benzene rings is 2. The van der Waals surface area contributed by atoms with Crippen LogP contribution in [0, 0.1) is 6.92 Å².